The van der Waals surface area contributed by atoms with Gasteiger partial charge in [-0.15, -0.1) is 0 Å². The first-order chi connectivity index (χ1) is 10.9. The average molecular weight is 308 g/mol. The fraction of sp³-hybridized carbons (Fsp3) is 0.300. The minimum atomic E-state index is -0.658. The normalized spacial score (nSPS) is 19.8. The maximum Gasteiger partial charge on any atom is 0.174 e. The van der Waals surface area contributed by atoms with Crippen LogP contribution in [-0.4, -0.2) is 11.6 Å². The zero-order chi connectivity index (χ0) is 16.7. The van der Waals surface area contributed by atoms with E-state index in [1.807, 2.05) is 39.8 Å². The summed E-state index contributed by atoms with van der Waals surface area (Å²) in [7, 11) is 0. The number of Topliss-reactive ketones (excluding diaryl/α,β-unsaturated/α-hetero) is 2. The van der Waals surface area contributed by atoms with Gasteiger partial charge in [0.25, 0.3) is 0 Å². The number of benzene rings is 1. The van der Waals surface area contributed by atoms with Crippen molar-refractivity contribution in [3.8, 4) is 0 Å². The van der Waals surface area contributed by atoms with E-state index in [1.165, 1.54) is 0 Å². The first-order valence-corrected chi connectivity index (χ1v) is 7.76. The Morgan fingerprint density at radius 1 is 1.00 bits per heavy atom. The lowest BCUT2D eigenvalue weighted by molar-refractivity contribution is -0.123. The highest BCUT2D eigenvalue weighted by atomic mass is 16.3. The van der Waals surface area contributed by atoms with Crippen molar-refractivity contribution in [3.05, 3.63) is 63.6 Å². The molecule has 1 aliphatic rings. The molecule has 1 heterocycles. The van der Waals surface area contributed by atoms with Gasteiger partial charge in [-0.05, 0) is 56.0 Å². The minimum absolute atomic E-state index is 0.0162. The molecule has 2 aromatic rings. The molecule has 0 saturated heterocycles. The van der Waals surface area contributed by atoms with Crippen molar-refractivity contribution in [2.45, 2.75) is 40.0 Å². The summed E-state index contributed by atoms with van der Waals surface area (Å²) in [5.41, 5.74) is 6.43. The lowest BCUT2D eigenvalue weighted by atomic mass is 9.87. The van der Waals surface area contributed by atoms with Gasteiger partial charge in [0.05, 0.1) is 12.5 Å². The van der Waals surface area contributed by atoms with E-state index in [4.69, 9.17) is 4.42 Å². The van der Waals surface area contributed by atoms with Crippen LogP contribution >= 0.6 is 0 Å². The Morgan fingerprint density at radius 2 is 1.65 bits per heavy atom. The van der Waals surface area contributed by atoms with Crippen LogP contribution in [0.15, 0.2) is 34.6 Å². The Morgan fingerprint density at radius 3 is 2.22 bits per heavy atom. The number of hydrogen-bond donors (Lipinski definition) is 0. The zero-order valence-corrected chi connectivity index (χ0v) is 13.9. The molecular weight excluding hydrogens is 288 g/mol. The smallest absolute Gasteiger partial charge is 0.174 e. The molecule has 0 spiro atoms. The Labute approximate surface area is 136 Å². The van der Waals surface area contributed by atoms with Crippen LogP contribution in [-0.2, 0) is 9.59 Å². The van der Waals surface area contributed by atoms with Gasteiger partial charge in [-0.3, -0.25) is 9.59 Å². The summed E-state index contributed by atoms with van der Waals surface area (Å²) in [5.74, 6) is -0.753. The summed E-state index contributed by atoms with van der Waals surface area (Å²) in [6, 6.07) is 4.07. The van der Waals surface area contributed by atoms with Crippen LogP contribution in [0, 0.1) is 27.7 Å². The van der Waals surface area contributed by atoms with E-state index in [1.54, 1.807) is 18.6 Å². The average Bonchev–Trinajstić information content (AvgIpc) is 2.97. The van der Waals surface area contributed by atoms with Crippen molar-refractivity contribution >= 4 is 17.6 Å². The van der Waals surface area contributed by atoms with Gasteiger partial charge in [-0.1, -0.05) is 17.7 Å². The Kier molecular flexibility index (Phi) is 3.80. The fourth-order valence-corrected chi connectivity index (χ4v) is 3.48. The third kappa shape index (κ3) is 2.67. The number of furan rings is 1. The highest BCUT2D eigenvalue weighted by Gasteiger charge is 2.39. The molecule has 0 amide bonds. The molecular formula is C20H20O3. The van der Waals surface area contributed by atoms with Gasteiger partial charge in [-0.2, -0.15) is 0 Å². The quantitative estimate of drug-likeness (QED) is 0.616. The minimum Gasteiger partial charge on any atom is -0.472 e. The molecule has 0 N–H and O–H groups in total. The van der Waals surface area contributed by atoms with Crippen molar-refractivity contribution in [1.82, 2.24) is 0 Å². The number of rotatable bonds is 2. The molecule has 23 heavy (non-hydrogen) atoms. The van der Waals surface area contributed by atoms with Gasteiger partial charge >= 0.3 is 0 Å². The maximum absolute atomic E-state index is 12.8. The summed E-state index contributed by atoms with van der Waals surface area (Å²) >= 11 is 0. The molecule has 118 valence electrons. The molecule has 1 saturated carbocycles. The van der Waals surface area contributed by atoms with Crippen molar-refractivity contribution in [2.24, 2.45) is 0 Å². The second kappa shape index (κ2) is 5.65. The number of carbonyl (C=O) groups is 2. The molecule has 1 unspecified atom stereocenters. The van der Waals surface area contributed by atoms with Gasteiger partial charge in [0.1, 0.15) is 5.92 Å². The number of aryl methyl sites for hydroxylation is 4. The van der Waals surface area contributed by atoms with Gasteiger partial charge in [0.15, 0.2) is 11.6 Å². The molecule has 3 heteroatoms. The maximum atomic E-state index is 12.8. The monoisotopic (exact) mass is 308 g/mol. The van der Waals surface area contributed by atoms with Crippen molar-refractivity contribution < 1.29 is 14.0 Å². The van der Waals surface area contributed by atoms with Crippen LogP contribution in [0.25, 0.3) is 6.08 Å². The molecule has 0 aliphatic heterocycles. The number of ketones is 2. The number of carbonyl (C=O) groups excluding carboxylic acids is 2. The van der Waals surface area contributed by atoms with E-state index in [-0.39, 0.29) is 18.0 Å². The standard InChI is InChI=1S/C20H20O3/c1-11-5-12(2)18(13(3)6-11)19-17(21)8-15(20(19)22)7-16-10-23-9-14(16)4/h5-7,9-10,19H,8H2,1-4H3. The van der Waals surface area contributed by atoms with Crippen molar-refractivity contribution in [1.29, 1.82) is 0 Å². The van der Waals surface area contributed by atoms with Crippen LogP contribution < -0.4 is 0 Å². The molecule has 1 atom stereocenters. The Bertz CT molecular complexity index is 813. The first-order valence-electron chi connectivity index (χ1n) is 7.76. The first kappa shape index (κ1) is 15.5. The molecule has 1 aromatic heterocycles. The highest BCUT2D eigenvalue weighted by molar-refractivity contribution is 6.24. The summed E-state index contributed by atoms with van der Waals surface area (Å²) in [6.45, 7) is 7.88. The molecule has 1 aromatic carbocycles. The lowest BCUT2D eigenvalue weighted by Crippen LogP contribution is -2.15. The largest absolute Gasteiger partial charge is 0.472 e. The fourth-order valence-electron chi connectivity index (χ4n) is 3.48. The SMILES string of the molecule is Cc1cc(C)c(C2C(=O)CC(=Cc3cocc3C)C2=O)c(C)c1. The Hall–Kier alpha value is -2.42. The summed E-state index contributed by atoms with van der Waals surface area (Å²) < 4.78 is 5.14. The number of allylic oxidation sites excluding steroid dienone is 1. The van der Waals surface area contributed by atoms with Gasteiger partial charge in [0, 0.05) is 17.6 Å². The summed E-state index contributed by atoms with van der Waals surface area (Å²) in [6.07, 6.45) is 5.23. The molecule has 3 rings (SSSR count). The predicted octanol–water partition coefficient (Wildman–Crippen LogP) is 4.22. The lowest BCUT2D eigenvalue weighted by Gasteiger charge is -2.15. The molecule has 1 aliphatic carbocycles. The van der Waals surface area contributed by atoms with E-state index in [0.717, 1.165) is 33.4 Å². The van der Waals surface area contributed by atoms with Crippen LogP contribution in [0.1, 0.15) is 45.7 Å². The third-order valence-electron chi connectivity index (χ3n) is 4.52. The van der Waals surface area contributed by atoms with Crippen LogP contribution in [0.2, 0.25) is 0 Å². The van der Waals surface area contributed by atoms with E-state index >= 15 is 0 Å². The van der Waals surface area contributed by atoms with E-state index in [0.29, 0.717) is 5.57 Å². The predicted molar refractivity (Wildman–Crippen MR) is 89.4 cm³/mol. The topological polar surface area (TPSA) is 47.3 Å². The van der Waals surface area contributed by atoms with E-state index < -0.39 is 5.92 Å². The van der Waals surface area contributed by atoms with E-state index in [2.05, 4.69) is 0 Å². The Balaban J connectivity index is 2.03. The van der Waals surface area contributed by atoms with Crippen LogP contribution in [0.4, 0.5) is 0 Å². The van der Waals surface area contributed by atoms with Crippen molar-refractivity contribution in [2.75, 3.05) is 0 Å². The van der Waals surface area contributed by atoms with Gasteiger partial charge < -0.3 is 4.42 Å². The molecule has 1 fully saturated rings. The van der Waals surface area contributed by atoms with Crippen molar-refractivity contribution in [3.63, 3.8) is 0 Å². The molecule has 3 nitrogen and oxygen atoms in total. The second-order valence-electron chi connectivity index (χ2n) is 6.43. The van der Waals surface area contributed by atoms with E-state index in [9.17, 15) is 9.59 Å². The third-order valence-corrected chi connectivity index (χ3v) is 4.52. The molecule has 0 radical (unpaired) electrons. The summed E-state index contributed by atoms with van der Waals surface area (Å²) in [5, 5.41) is 0. The second-order valence-corrected chi connectivity index (χ2v) is 6.43. The summed E-state index contributed by atoms with van der Waals surface area (Å²) in [4.78, 5) is 25.3. The molecule has 0 bridgehead atoms. The van der Waals surface area contributed by atoms with Gasteiger partial charge in [-0.25, -0.2) is 0 Å². The zero-order valence-electron chi connectivity index (χ0n) is 13.9. The van der Waals surface area contributed by atoms with Crippen LogP contribution in [0.5, 0.6) is 0 Å². The number of hydrogen-bond acceptors (Lipinski definition) is 3. The van der Waals surface area contributed by atoms with Gasteiger partial charge in [0.2, 0.25) is 0 Å². The highest BCUT2D eigenvalue weighted by Crippen LogP contribution is 2.36. The van der Waals surface area contributed by atoms with Crippen LogP contribution in [0.3, 0.4) is 0 Å².